The lowest BCUT2D eigenvalue weighted by molar-refractivity contribution is 0.393. The Balaban J connectivity index is 2.02. The summed E-state index contributed by atoms with van der Waals surface area (Å²) in [6, 6.07) is 4.50. The molecule has 0 aliphatic rings. The molecule has 0 aromatic carbocycles. The van der Waals surface area contributed by atoms with Crippen molar-refractivity contribution in [2.45, 2.75) is 52.2 Å². The summed E-state index contributed by atoms with van der Waals surface area (Å²) in [5.41, 5.74) is 0.0633. The minimum atomic E-state index is 0.0633. The Morgan fingerprint density at radius 2 is 2.21 bits per heavy atom. The fourth-order valence-electron chi connectivity index (χ4n) is 1.82. The number of aromatic nitrogens is 4. The highest BCUT2D eigenvalue weighted by molar-refractivity contribution is 7.09. The van der Waals surface area contributed by atoms with E-state index in [0.29, 0.717) is 6.54 Å². The molecule has 1 unspecified atom stereocenters. The van der Waals surface area contributed by atoms with Gasteiger partial charge in [0, 0.05) is 16.8 Å². The first kappa shape index (κ1) is 14.1. The van der Waals surface area contributed by atoms with Crippen molar-refractivity contribution in [3.05, 3.63) is 28.2 Å². The lowest BCUT2D eigenvalue weighted by Gasteiger charge is -2.20. The maximum absolute atomic E-state index is 4.12. The topological polar surface area (TPSA) is 55.6 Å². The molecule has 0 aliphatic heterocycles. The lowest BCUT2D eigenvalue weighted by atomic mass is 10.1. The zero-order chi connectivity index (χ0) is 13.9. The summed E-state index contributed by atoms with van der Waals surface area (Å²) in [6.45, 7) is 9.24. The molecule has 2 aromatic rings. The summed E-state index contributed by atoms with van der Waals surface area (Å²) in [5, 5.41) is 17.5. The van der Waals surface area contributed by atoms with Gasteiger partial charge in [0.1, 0.15) is 0 Å². The molecule has 19 heavy (non-hydrogen) atoms. The minimum absolute atomic E-state index is 0.0633. The molecule has 0 fully saturated rings. The Morgan fingerprint density at radius 3 is 2.84 bits per heavy atom. The van der Waals surface area contributed by atoms with Crippen LogP contribution < -0.4 is 5.32 Å². The van der Waals surface area contributed by atoms with Crippen LogP contribution in [0, 0.1) is 0 Å². The van der Waals surface area contributed by atoms with Crippen LogP contribution in [0.25, 0.3) is 0 Å². The van der Waals surface area contributed by atoms with Crippen molar-refractivity contribution in [3.8, 4) is 0 Å². The summed E-state index contributed by atoms with van der Waals surface area (Å²) >= 11 is 1.77. The zero-order valence-electron chi connectivity index (χ0n) is 11.9. The Bertz CT molecular complexity index is 497. The summed E-state index contributed by atoms with van der Waals surface area (Å²) in [7, 11) is 0. The smallest absolute Gasteiger partial charge is 0.165 e. The van der Waals surface area contributed by atoms with Gasteiger partial charge in [0.2, 0.25) is 0 Å². The fourth-order valence-corrected chi connectivity index (χ4v) is 2.65. The van der Waals surface area contributed by atoms with Crippen molar-refractivity contribution in [2.24, 2.45) is 0 Å². The van der Waals surface area contributed by atoms with Crippen molar-refractivity contribution in [2.75, 3.05) is 0 Å². The SMILES string of the molecule is CC(Cc1cccs1)n1nnnc1CNC(C)(C)C. The molecular weight excluding hydrogens is 258 g/mol. The van der Waals surface area contributed by atoms with Gasteiger partial charge in [0.15, 0.2) is 5.82 Å². The predicted molar refractivity (Wildman–Crippen MR) is 77.1 cm³/mol. The fraction of sp³-hybridized carbons (Fsp3) is 0.615. The molecule has 2 aromatic heterocycles. The quantitative estimate of drug-likeness (QED) is 0.913. The number of hydrogen-bond acceptors (Lipinski definition) is 5. The molecule has 104 valence electrons. The van der Waals surface area contributed by atoms with E-state index >= 15 is 0 Å². The lowest BCUT2D eigenvalue weighted by Crippen LogP contribution is -2.36. The second-order valence-corrected chi connectivity index (χ2v) is 6.81. The summed E-state index contributed by atoms with van der Waals surface area (Å²) in [5.74, 6) is 0.888. The zero-order valence-corrected chi connectivity index (χ0v) is 12.7. The molecule has 0 saturated carbocycles. The molecule has 6 heteroatoms. The predicted octanol–water partition coefficient (Wildman–Crippen LogP) is 2.43. The Morgan fingerprint density at radius 1 is 1.42 bits per heavy atom. The molecule has 1 N–H and O–H groups in total. The normalized spacial score (nSPS) is 13.7. The number of nitrogens with zero attached hydrogens (tertiary/aromatic N) is 4. The van der Waals surface area contributed by atoms with Gasteiger partial charge >= 0.3 is 0 Å². The molecule has 0 saturated heterocycles. The molecule has 0 bridgehead atoms. The highest BCUT2D eigenvalue weighted by Gasteiger charge is 2.16. The van der Waals surface area contributed by atoms with Crippen LogP contribution in [-0.2, 0) is 13.0 Å². The maximum atomic E-state index is 4.12. The van der Waals surface area contributed by atoms with Gasteiger partial charge in [0.25, 0.3) is 0 Å². The van der Waals surface area contributed by atoms with Crippen LogP contribution in [0.3, 0.4) is 0 Å². The van der Waals surface area contributed by atoms with Gasteiger partial charge in [-0.2, -0.15) is 0 Å². The molecule has 2 rings (SSSR count). The minimum Gasteiger partial charge on any atom is -0.305 e. The van der Waals surface area contributed by atoms with E-state index < -0.39 is 0 Å². The van der Waals surface area contributed by atoms with Crippen molar-refractivity contribution >= 4 is 11.3 Å². The van der Waals surface area contributed by atoms with Crippen LogP contribution in [0.15, 0.2) is 17.5 Å². The van der Waals surface area contributed by atoms with Crippen LogP contribution >= 0.6 is 11.3 Å². The van der Waals surface area contributed by atoms with Crippen LogP contribution in [0.5, 0.6) is 0 Å². The third-order valence-electron chi connectivity index (χ3n) is 2.83. The van der Waals surface area contributed by atoms with Gasteiger partial charge in [-0.1, -0.05) is 6.07 Å². The van der Waals surface area contributed by atoms with Crippen LogP contribution in [0.2, 0.25) is 0 Å². The van der Waals surface area contributed by atoms with Gasteiger partial charge in [0.05, 0.1) is 12.6 Å². The van der Waals surface area contributed by atoms with Gasteiger partial charge in [-0.25, -0.2) is 4.68 Å². The first-order valence-electron chi connectivity index (χ1n) is 6.50. The van der Waals surface area contributed by atoms with Crippen molar-refractivity contribution in [1.82, 2.24) is 25.5 Å². The van der Waals surface area contributed by atoms with Crippen molar-refractivity contribution < 1.29 is 0 Å². The first-order valence-corrected chi connectivity index (χ1v) is 7.38. The van der Waals surface area contributed by atoms with Crippen molar-refractivity contribution in [1.29, 1.82) is 0 Å². The maximum Gasteiger partial charge on any atom is 0.165 e. The molecule has 0 radical (unpaired) electrons. The van der Waals surface area contributed by atoms with E-state index in [1.165, 1.54) is 4.88 Å². The van der Waals surface area contributed by atoms with E-state index in [4.69, 9.17) is 0 Å². The molecule has 0 aliphatic carbocycles. The summed E-state index contributed by atoms with van der Waals surface area (Å²) < 4.78 is 1.92. The Hall–Kier alpha value is -1.27. The highest BCUT2D eigenvalue weighted by Crippen LogP contribution is 2.18. The van der Waals surface area contributed by atoms with Crippen LogP contribution in [-0.4, -0.2) is 25.7 Å². The molecule has 5 nitrogen and oxygen atoms in total. The number of nitrogens with one attached hydrogen (secondary N) is 1. The summed E-state index contributed by atoms with van der Waals surface area (Å²) in [6.07, 6.45) is 0.964. The summed E-state index contributed by atoms with van der Waals surface area (Å²) in [4.78, 5) is 1.36. The average Bonchev–Trinajstić information content (AvgIpc) is 2.95. The van der Waals surface area contributed by atoms with Gasteiger partial charge in [-0.15, -0.1) is 16.4 Å². The van der Waals surface area contributed by atoms with Crippen molar-refractivity contribution in [3.63, 3.8) is 0 Å². The van der Waals surface area contributed by atoms with Crippen LogP contribution in [0.4, 0.5) is 0 Å². The molecule has 0 spiro atoms. The first-order chi connectivity index (χ1) is 8.96. The highest BCUT2D eigenvalue weighted by atomic mass is 32.1. The number of hydrogen-bond donors (Lipinski definition) is 1. The average molecular weight is 279 g/mol. The van der Waals surface area contributed by atoms with Gasteiger partial charge in [-0.05, 0) is 49.6 Å². The molecule has 1 atom stereocenters. The van der Waals surface area contributed by atoms with E-state index in [-0.39, 0.29) is 11.6 Å². The number of tetrazole rings is 1. The number of rotatable bonds is 5. The monoisotopic (exact) mass is 279 g/mol. The third kappa shape index (κ3) is 4.11. The van der Waals surface area contributed by atoms with Gasteiger partial charge in [-0.3, -0.25) is 0 Å². The third-order valence-corrected chi connectivity index (χ3v) is 3.73. The second-order valence-electron chi connectivity index (χ2n) is 5.78. The second kappa shape index (κ2) is 5.79. The van der Waals surface area contributed by atoms with E-state index in [1.54, 1.807) is 11.3 Å². The van der Waals surface area contributed by atoms with Gasteiger partial charge < -0.3 is 5.32 Å². The van der Waals surface area contributed by atoms with E-state index in [2.05, 4.69) is 66.0 Å². The molecule has 2 heterocycles. The standard InChI is InChI=1S/C13H21N5S/c1-10(8-11-6-5-7-19-11)18-12(15-16-17-18)9-14-13(2,3)4/h5-7,10,14H,8-9H2,1-4H3. The largest absolute Gasteiger partial charge is 0.305 e. The molecular formula is C13H21N5S. The molecule has 0 amide bonds. The Kier molecular flexibility index (Phi) is 4.31. The number of thiophene rings is 1. The Labute approximate surface area is 118 Å². The van der Waals surface area contributed by atoms with Crippen LogP contribution in [0.1, 0.15) is 44.4 Å². The van der Waals surface area contributed by atoms with E-state index in [1.807, 2.05) is 4.68 Å². The van der Waals surface area contributed by atoms with E-state index in [0.717, 1.165) is 12.2 Å². The van der Waals surface area contributed by atoms with E-state index in [9.17, 15) is 0 Å².